The molecule has 1 fully saturated rings. The van der Waals surface area contributed by atoms with Crippen LogP contribution in [-0.4, -0.2) is 52.5 Å². The fourth-order valence-electron chi connectivity index (χ4n) is 4.02. The summed E-state index contributed by atoms with van der Waals surface area (Å²) in [6.07, 6.45) is 3.41. The van der Waals surface area contributed by atoms with Crippen molar-refractivity contribution in [3.05, 3.63) is 89.9 Å². The standard InChI is InChI=1S/C25H24N6O2/c32-23(16-18-6-2-1-3-7-18)19-17-27-31-13-10-21(28-24(19)31)25(33)29-20-8-4-5-9-22(20)30-14-11-26-12-15-30/h1-10,13,17,26H,11-12,14-16H2,(H,29,33). The highest BCUT2D eigenvalue weighted by atomic mass is 16.2. The van der Waals surface area contributed by atoms with Crippen molar-refractivity contribution in [2.75, 3.05) is 36.4 Å². The van der Waals surface area contributed by atoms with Gasteiger partial charge >= 0.3 is 0 Å². The van der Waals surface area contributed by atoms with E-state index in [0.29, 0.717) is 11.2 Å². The highest BCUT2D eigenvalue weighted by Crippen LogP contribution is 2.26. The molecule has 33 heavy (non-hydrogen) atoms. The van der Waals surface area contributed by atoms with Gasteiger partial charge in [-0.05, 0) is 23.8 Å². The molecule has 0 bridgehead atoms. The summed E-state index contributed by atoms with van der Waals surface area (Å²) >= 11 is 0. The van der Waals surface area contributed by atoms with Crippen LogP contribution < -0.4 is 15.5 Å². The van der Waals surface area contributed by atoms with Gasteiger partial charge in [-0.15, -0.1) is 0 Å². The molecule has 2 N–H and O–H groups in total. The van der Waals surface area contributed by atoms with Gasteiger partial charge in [-0.25, -0.2) is 9.50 Å². The third-order valence-corrected chi connectivity index (χ3v) is 5.72. The molecule has 4 aromatic rings. The topological polar surface area (TPSA) is 91.6 Å². The number of benzene rings is 2. The molecule has 5 rings (SSSR count). The summed E-state index contributed by atoms with van der Waals surface area (Å²) in [6, 6.07) is 18.9. The Morgan fingerprint density at radius 1 is 0.970 bits per heavy atom. The Kier molecular flexibility index (Phi) is 5.82. The lowest BCUT2D eigenvalue weighted by molar-refractivity contribution is 0.0990. The number of hydrogen-bond acceptors (Lipinski definition) is 6. The molecule has 166 valence electrons. The molecule has 3 heterocycles. The van der Waals surface area contributed by atoms with Crippen LogP contribution in [0.4, 0.5) is 11.4 Å². The van der Waals surface area contributed by atoms with E-state index in [1.54, 1.807) is 12.3 Å². The molecule has 8 nitrogen and oxygen atoms in total. The van der Waals surface area contributed by atoms with E-state index in [9.17, 15) is 9.59 Å². The zero-order valence-electron chi connectivity index (χ0n) is 18.1. The number of amides is 1. The van der Waals surface area contributed by atoms with Crippen molar-refractivity contribution in [1.29, 1.82) is 0 Å². The molecular weight excluding hydrogens is 416 g/mol. The van der Waals surface area contributed by atoms with Gasteiger partial charge in [-0.2, -0.15) is 5.10 Å². The van der Waals surface area contributed by atoms with Crippen molar-refractivity contribution in [1.82, 2.24) is 19.9 Å². The highest BCUT2D eigenvalue weighted by molar-refractivity contribution is 6.06. The number of nitrogens with one attached hydrogen (secondary N) is 2. The number of ketones is 1. The van der Waals surface area contributed by atoms with E-state index in [1.165, 1.54) is 10.7 Å². The highest BCUT2D eigenvalue weighted by Gasteiger charge is 2.19. The second kappa shape index (κ2) is 9.22. The SMILES string of the molecule is O=C(Nc1ccccc1N1CCNCC1)c1ccn2ncc(C(=O)Cc3ccccc3)c2n1. The normalized spacial score (nSPS) is 13.8. The number of carbonyl (C=O) groups excluding carboxylic acids is 2. The molecule has 0 radical (unpaired) electrons. The minimum atomic E-state index is -0.331. The number of rotatable bonds is 6. The van der Waals surface area contributed by atoms with E-state index in [0.717, 1.165) is 43.1 Å². The Bertz CT molecular complexity index is 1290. The summed E-state index contributed by atoms with van der Waals surface area (Å²) < 4.78 is 1.52. The third kappa shape index (κ3) is 4.47. The molecular formula is C25H24N6O2. The number of hydrogen-bond donors (Lipinski definition) is 2. The van der Waals surface area contributed by atoms with Gasteiger partial charge in [0.05, 0.1) is 23.1 Å². The fourth-order valence-corrected chi connectivity index (χ4v) is 4.02. The maximum Gasteiger partial charge on any atom is 0.274 e. The van der Waals surface area contributed by atoms with Gasteiger partial charge < -0.3 is 15.5 Å². The number of carbonyl (C=O) groups is 2. The lowest BCUT2D eigenvalue weighted by Gasteiger charge is -2.31. The fraction of sp³-hybridized carbons (Fsp3) is 0.200. The minimum Gasteiger partial charge on any atom is -0.367 e. The van der Waals surface area contributed by atoms with Crippen molar-refractivity contribution >= 4 is 28.7 Å². The van der Waals surface area contributed by atoms with Crippen molar-refractivity contribution in [3.63, 3.8) is 0 Å². The van der Waals surface area contributed by atoms with Crippen LogP contribution in [0.2, 0.25) is 0 Å². The molecule has 0 atom stereocenters. The molecule has 0 spiro atoms. The van der Waals surface area contributed by atoms with Gasteiger partial charge in [0.1, 0.15) is 5.69 Å². The van der Waals surface area contributed by atoms with E-state index in [2.05, 4.69) is 25.6 Å². The number of Topliss-reactive ketones (excluding diaryl/α,β-unsaturated/α-hetero) is 1. The van der Waals surface area contributed by atoms with Gasteiger partial charge in [-0.1, -0.05) is 42.5 Å². The summed E-state index contributed by atoms with van der Waals surface area (Å²) in [5.41, 5.74) is 3.64. The summed E-state index contributed by atoms with van der Waals surface area (Å²) in [7, 11) is 0. The molecule has 1 aliphatic rings. The van der Waals surface area contributed by atoms with E-state index >= 15 is 0 Å². The zero-order chi connectivity index (χ0) is 22.6. The van der Waals surface area contributed by atoms with Gasteiger partial charge in [0, 0.05) is 38.8 Å². The van der Waals surface area contributed by atoms with Gasteiger partial charge in [0.2, 0.25) is 0 Å². The number of fused-ring (bicyclic) bond motifs is 1. The molecule has 1 amide bonds. The van der Waals surface area contributed by atoms with Gasteiger partial charge in [0.25, 0.3) is 5.91 Å². The number of nitrogens with zero attached hydrogens (tertiary/aromatic N) is 4. The summed E-state index contributed by atoms with van der Waals surface area (Å²) in [5, 5.41) is 10.6. The first-order valence-corrected chi connectivity index (χ1v) is 11.0. The Morgan fingerprint density at radius 2 is 1.73 bits per heavy atom. The van der Waals surface area contributed by atoms with Gasteiger partial charge in [-0.3, -0.25) is 9.59 Å². The van der Waals surface area contributed by atoms with E-state index < -0.39 is 0 Å². The Balaban J connectivity index is 1.39. The molecule has 0 saturated carbocycles. The van der Waals surface area contributed by atoms with E-state index in [-0.39, 0.29) is 23.8 Å². The Morgan fingerprint density at radius 3 is 2.55 bits per heavy atom. The Labute approximate surface area is 191 Å². The number of piperazine rings is 1. The quantitative estimate of drug-likeness (QED) is 0.448. The molecule has 0 unspecified atom stereocenters. The van der Waals surface area contributed by atoms with Crippen molar-refractivity contribution in [2.45, 2.75) is 6.42 Å². The summed E-state index contributed by atoms with van der Waals surface area (Å²) in [4.78, 5) is 32.7. The second-order valence-electron chi connectivity index (χ2n) is 7.93. The van der Waals surface area contributed by atoms with E-state index in [4.69, 9.17) is 0 Å². The average molecular weight is 441 g/mol. The van der Waals surface area contributed by atoms with Gasteiger partial charge in [0.15, 0.2) is 11.4 Å². The smallest absolute Gasteiger partial charge is 0.274 e. The van der Waals surface area contributed by atoms with Crippen molar-refractivity contribution < 1.29 is 9.59 Å². The first-order valence-electron chi connectivity index (χ1n) is 11.0. The predicted octanol–water partition coefficient (Wildman–Crippen LogP) is 2.82. The van der Waals surface area contributed by atoms with Crippen LogP contribution in [0.1, 0.15) is 26.4 Å². The third-order valence-electron chi connectivity index (χ3n) is 5.72. The lowest BCUT2D eigenvalue weighted by atomic mass is 10.1. The lowest BCUT2D eigenvalue weighted by Crippen LogP contribution is -2.43. The van der Waals surface area contributed by atoms with Crippen LogP contribution >= 0.6 is 0 Å². The maximum atomic E-state index is 13.1. The Hall–Kier alpha value is -4.04. The molecule has 0 aliphatic carbocycles. The van der Waals surface area contributed by atoms with Crippen LogP contribution in [-0.2, 0) is 6.42 Å². The zero-order valence-corrected chi connectivity index (χ0v) is 18.1. The van der Waals surface area contributed by atoms with Crippen molar-refractivity contribution in [2.24, 2.45) is 0 Å². The number of anilines is 2. The molecule has 1 aliphatic heterocycles. The van der Waals surface area contributed by atoms with Crippen molar-refractivity contribution in [3.8, 4) is 0 Å². The monoisotopic (exact) mass is 440 g/mol. The van der Waals surface area contributed by atoms with E-state index in [1.807, 2.05) is 54.6 Å². The largest absolute Gasteiger partial charge is 0.367 e. The second-order valence-corrected chi connectivity index (χ2v) is 7.93. The van der Waals surface area contributed by atoms with Crippen LogP contribution in [0, 0.1) is 0 Å². The maximum absolute atomic E-state index is 13.1. The minimum absolute atomic E-state index is 0.0923. The van der Waals surface area contributed by atoms with Crippen LogP contribution in [0.3, 0.4) is 0 Å². The van der Waals surface area contributed by atoms with Crippen LogP contribution in [0.15, 0.2) is 73.1 Å². The molecule has 2 aromatic heterocycles. The molecule has 2 aromatic carbocycles. The summed E-state index contributed by atoms with van der Waals surface area (Å²) in [5.74, 6) is -0.423. The first-order chi connectivity index (χ1) is 16.2. The predicted molar refractivity (Wildman–Crippen MR) is 127 cm³/mol. The first kappa shape index (κ1) is 20.8. The molecule has 1 saturated heterocycles. The van der Waals surface area contributed by atoms with Crippen LogP contribution in [0.25, 0.3) is 5.65 Å². The summed E-state index contributed by atoms with van der Waals surface area (Å²) in [6.45, 7) is 3.56. The molecule has 8 heteroatoms. The number of para-hydroxylation sites is 2. The average Bonchev–Trinajstić information content (AvgIpc) is 3.29. The number of aromatic nitrogens is 3. The van der Waals surface area contributed by atoms with Crippen LogP contribution in [0.5, 0.6) is 0 Å².